The van der Waals surface area contributed by atoms with Crippen molar-refractivity contribution in [2.24, 2.45) is 0 Å². The Morgan fingerprint density at radius 2 is 1.55 bits per heavy atom. The number of aliphatic hydroxyl groups is 1. The van der Waals surface area contributed by atoms with Crippen LogP contribution in [0.4, 0.5) is 26.8 Å². The maximum atomic E-state index is 12.5. The Bertz CT molecular complexity index is 1560. The number of amides is 3. The number of rotatable bonds is 6. The summed E-state index contributed by atoms with van der Waals surface area (Å²) in [6, 6.07) is 13.9. The standard InChI is InChI=1S/C29H32N8O5/c38-18-19-1-5-21(6-2-19)31-28(39)32-22-7-3-20(4-8-22)25-33-26(35-13-15-42-16-14-35)24-17-30-37(27(24)34-25)23-9-11-36(12-10-23)29(40)41/h1-8,17,23,38H,9-16,18H2,(H,40,41)(H2,31,32,39). The zero-order valence-electron chi connectivity index (χ0n) is 22.9. The molecule has 2 saturated heterocycles. The number of aliphatic hydroxyl groups excluding tert-OH is 1. The summed E-state index contributed by atoms with van der Waals surface area (Å²) in [5.41, 5.74) is 3.48. The van der Waals surface area contributed by atoms with E-state index in [1.165, 1.54) is 4.90 Å². The monoisotopic (exact) mass is 572 g/mol. The third-order valence-corrected chi connectivity index (χ3v) is 7.62. The van der Waals surface area contributed by atoms with Crippen LogP contribution in [0.15, 0.2) is 54.7 Å². The van der Waals surface area contributed by atoms with E-state index >= 15 is 0 Å². The fraction of sp³-hybridized carbons (Fsp3) is 0.345. The van der Waals surface area contributed by atoms with Gasteiger partial charge in [-0.2, -0.15) is 5.10 Å². The van der Waals surface area contributed by atoms with Gasteiger partial charge in [-0.3, -0.25) is 0 Å². The molecule has 2 aromatic heterocycles. The molecule has 13 heteroatoms. The number of aromatic nitrogens is 4. The van der Waals surface area contributed by atoms with Crippen LogP contribution in [0.2, 0.25) is 0 Å². The average molecular weight is 573 g/mol. The molecule has 0 atom stereocenters. The van der Waals surface area contributed by atoms with Crippen molar-refractivity contribution in [3.63, 3.8) is 0 Å². The molecule has 4 aromatic rings. The second kappa shape index (κ2) is 12.0. The molecule has 0 spiro atoms. The van der Waals surface area contributed by atoms with Crippen LogP contribution in [0.25, 0.3) is 22.4 Å². The molecule has 0 bridgehead atoms. The van der Waals surface area contributed by atoms with Crippen molar-refractivity contribution in [1.82, 2.24) is 24.6 Å². The summed E-state index contributed by atoms with van der Waals surface area (Å²) in [4.78, 5) is 37.4. The van der Waals surface area contributed by atoms with Crippen molar-refractivity contribution < 1.29 is 24.5 Å². The predicted octanol–water partition coefficient (Wildman–Crippen LogP) is 3.78. The van der Waals surface area contributed by atoms with Gasteiger partial charge in [0, 0.05) is 43.1 Å². The lowest BCUT2D eigenvalue weighted by atomic mass is 10.1. The Labute approximate surface area is 241 Å². The van der Waals surface area contributed by atoms with Crippen molar-refractivity contribution in [3.05, 3.63) is 60.3 Å². The summed E-state index contributed by atoms with van der Waals surface area (Å²) < 4.78 is 7.48. The van der Waals surface area contributed by atoms with Gasteiger partial charge < -0.3 is 35.4 Å². The molecule has 4 heterocycles. The highest BCUT2D eigenvalue weighted by Crippen LogP contribution is 2.32. The van der Waals surface area contributed by atoms with Gasteiger partial charge in [0.15, 0.2) is 11.5 Å². The van der Waals surface area contributed by atoms with Crippen LogP contribution in [0.1, 0.15) is 24.4 Å². The number of hydrogen-bond acceptors (Lipinski definition) is 8. The molecule has 2 aliphatic heterocycles. The van der Waals surface area contributed by atoms with Crippen LogP contribution in [-0.4, -0.2) is 86.4 Å². The SMILES string of the molecule is O=C(Nc1ccc(CO)cc1)Nc1ccc(-c2nc(N3CCOCC3)c3cnn(C4CCN(C(=O)O)CC4)c3n2)cc1. The molecular weight excluding hydrogens is 540 g/mol. The second-order valence-electron chi connectivity index (χ2n) is 10.3. The smallest absolute Gasteiger partial charge is 0.407 e. The molecule has 2 aromatic carbocycles. The van der Waals surface area contributed by atoms with Crippen LogP contribution in [0, 0.1) is 0 Å². The summed E-state index contributed by atoms with van der Waals surface area (Å²) >= 11 is 0. The summed E-state index contributed by atoms with van der Waals surface area (Å²) in [5.74, 6) is 1.33. The maximum Gasteiger partial charge on any atom is 0.407 e. The molecule has 2 fully saturated rings. The highest BCUT2D eigenvalue weighted by Gasteiger charge is 2.27. The predicted molar refractivity (Wildman–Crippen MR) is 157 cm³/mol. The normalized spacial score (nSPS) is 16.0. The fourth-order valence-corrected chi connectivity index (χ4v) is 5.31. The van der Waals surface area contributed by atoms with Crippen molar-refractivity contribution in [2.75, 3.05) is 54.9 Å². The van der Waals surface area contributed by atoms with Gasteiger partial charge in [-0.05, 0) is 54.8 Å². The zero-order chi connectivity index (χ0) is 29.1. The van der Waals surface area contributed by atoms with Gasteiger partial charge in [0.25, 0.3) is 0 Å². The molecule has 0 saturated carbocycles. The summed E-state index contributed by atoms with van der Waals surface area (Å²) in [5, 5.41) is 29.7. The van der Waals surface area contributed by atoms with E-state index < -0.39 is 6.09 Å². The number of anilines is 3. The minimum Gasteiger partial charge on any atom is -0.465 e. The molecular formula is C29H32N8O5. The van der Waals surface area contributed by atoms with Gasteiger partial charge in [-0.1, -0.05) is 12.1 Å². The lowest BCUT2D eigenvalue weighted by Gasteiger charge is -2.30. The number of nitrogens with one attached hydrogen (secondary N) is 2. The number of carbonyl (C=O) groups excluding carboxylic acids is 1. The number of ether oxygens (including phenoxy) is 1. The van der Waals surface area contributed by atoms with Crippen LogP contribution in [0.3, 0.4) is 0 Å². The van der Waals surface area contributed by atoms with Gasteiger partial charge in [0.05, 0.1) is 37.4 Å². The maximum absolute atomic E-state index is 12.5. The molecule has 13 nitrogen and oxygen atoms in total. The highest BCUT2D eigenvalue weighted by molar-refractivity contribution is 5.99. The lowest BCUT2D eigenvalue weighted by Crippen LogP contribution is -2.38. The minimum atomic E-state index is -0.898. The third-order valence-electron chi connectivity index (χ3n) is 7.62. The van der Waals surface area contributed by atoms with Crippen molar-refractivity contribution in [1.29, 1.82) is 0 Å². The van der Waals surface area contributed by atoms with Gasteiger partial charge >= 0.3 is 12.1 Å². The van der Waals surface area contributed by atoms with E-state index in [1.54, 1.807) is 42.6 Å². The van der Waals surface area contributed by atoms with E-state index in [4.69, 9.17) is 19.8 Å². The number of urea groups is 1. The molecule has 0 radical (unpaired) electrons. The van der Waals surface area contributed by atoms with Gasteiger partial charge in [-0.25, -0.2) is 24.2 Å². The lowest BCUT2D eigenvalue weighted by molar-refractivity contribution is 0.122. The number of fused-ring (bicyclic) bond motifs is 1. The number of benzene rings is 2. The quantitative estimate of drug-likeness (QED) is 0.270. The average Bonchev–Trinajstić information content (AvgIpc) is 3.46. The summed E-state index contributed by atoms with van der Waals surface area (Å²) in [6.45, 7) is 3.46. The third kappa shape index (κ3) is 5.83. The number of piperidine rings is 1. The molecule has 4 N–H and O–H groups in total. The number of likely N-dealkylation sites (tertiary alicyclic amines) is 1. The van der Waals surface area contributed by atoms with Crippen molar-refractivity contribution in [2.45, 2.75) is 25.5 Å². The van der Waals surface area contributed by atoms with Crippen LogP contribution in [-0.2, 0) is 11.3 Å². The van der Waals surface area contributed by atoms with Gasteiger partial charge in [0.1, 0.15) is 5.82 Å². The largest absolute Gasteiger partial charge is 0.465 e. The zero-order valence-corrected chi connectivity index (χ0v) is 22.9. The minimum absolute atomic E-state index is 0.0309. The Hall–Kier alpha value is -4.75. The first-order valence-corrected chi connectivity index (χ1v) is 13.9. The van der Waals surface area contributed by atoms with Gasteiger partial charge in [0.2, 0.25) is 0 Å². The van der Waals surface area contributed by atoms with E-state index in [0.717, 1.165) is 22.3 Å². The Balaban J connectivity index is 1.25. The Kier molecular flexibility index (Phi) is 7.84. The number of hydrogen-bond donors (Lipinski definition) is 4. The molecule has 6 rings (SSSR count). The van der Waals surface area contributed by atoms with E-state index in [1.807, 2.05) is 16.8 Å². The van der Waals surface area contributed by atoms with E-state index in [-0.39, 0.29) is 18.7 Å². The summed E-state index contributed by atoms with van der Waals surface area (Å²) in [6.07, 6.45) is 2.22. The second-order valence-corrected chi connectivity index (χ2v) is 10.3. The molecule has 2 aliphatic rings. The fourth-order valence-electron chi connectivity index (χ4n) is 5.31. The number of carboxylic acid groups (broad SMARTS) is 1. The number of nitrogens with zero attached hydrogens (tertiary/aromatic N) is 6. The molecule has 0 unspecified atom stereocenters. The van der Waals surface area contributed by atoms with E-state index in [0.29, 0.717) is 75.1 Å². The first kappa shape index (κ1) is 27.4. The Morgan fingerprint density at radius 1 is 0.905 bits per heavy atom. The van der Waals surface area contributed by atoms with Crippen LogP contribution < -0.4 is 15.5 Å². The molecule has 218 valence electrons. The van der Waals surface area contributed by atoms with Crippen LogP contribution in [0.5, 0.6) is 0 Å². The van der Waals surface area contributed by atoms with Gasteiger partial charge in [-0.15, -0.1) is 0 Å². The van der Waals surface area contributed by atoms with Crippen molar-refractivity contribution >= 4 is 40.4 Å². The summed E-state index contributed by atoms with van der Waals surface area (Å²) in [7, 11) is 0. The highest BCUT2D eigenvalue weighted by atomic mass is 16.5. The topological polar surface area (TPSA) is 158 Å². The van der Waals surface area contributed by atoms with Crippen LogP contribution >= 0.6 is 0 Å². The molecule has 3 amide bonds. The Morgan fingerprint density at radius 3 is 2.17 bits per heavy atom. The van der Waals surface area contributed by atoms with E-state index in [2.05, 4.69) is 15.5 Å². The van der Waals surface area contributed by atoms with E-state index in [9.17, 15) is 19.8 Å². The number of morpholine rings is 1. The number of carbonyl (C=O) groups is 2. The first-order chi connectivity index (χ1) is 20.5. The van der Waals surface area contributed by atoms with Crippen molar-refractivity contribution in [3.8, 4) is 11.4 Å². The molecule has 0 aliphatic carbocycles. The first-order valence-electron chi connectivity index (χ1n) is 13.9. The molecule has 42 heavy (non-hydrogen) atoms.